The highest BCUT2D eigenvalue weighted by atomic mass is 16.1. The van der Waals surface area contributed by atoms with Crippen molar-refractivity contribution in [1.29, 1.82) is 0 Å². The molecule has 0 heterocycles. The standard InChI is InChI=1S/C14H28N4O/c1-4-14(7-6-8-14)11-18-13(15-5-2)17-10-9-16-12(3)19/h4-11H2,1-3H3,(H,16,19)(H2,15,17,18). The van der Waals surface area contributed by atoms with E-state index in [1.54, 1.807) is 0 Å². The highest BCUT2D eigenvalue weighted by Gasteiger charge is 2.34. The lowest BCUT2D eigenvalue weighted by Crippen LogP contribution is -2.42. The van der Waals surface area contributed by atoms with E-state index in [2.05, 4.69) is 34.8 Å². The van der Waals surface area contributed by atoms with Crippen LogP contribution in [0.3, 0.4) is 0 Å². The van der Waals surface area contributed by atoms with Crippen molar-refractivity contribution >= 4 is 11.9 Å². The van der Waals surface area contributed by atoms with Crippen LogP contribution in [0, 0.1) is 5.41 Å². The molecule has 1 fully saturated rings. The molecule has 0 aromatic rings. The molecule has 1 saturated carbocycles. The van der Waals surface area contributed by atoms with Crippen LogP contribution in [-0.2, 0) is 4.79 Å². The molecule has 1 rings (SSSR count). The second-order valence-corrected chi connectivity index (χ2v) is 5.31. The first-order valence-electron chi connectivity index (χ1n) is 7.38. The van der Waals surface area contributed by atoms with Crippen molar-refractivity contribution in [3.63, 3.8) is 0 Å². The fourth-order valence-electron chi connectivity index (χ4n) is 2.31. The lowest BCUT2D eigenvalue weighted by Gasteiger charge is -2.40. The topological polar surface area (TPSA) is 65.5 Å². The molecule has 3 N–H and O–H groups in total. The zero-order chi connectivity index (χ0) is 14.1. The molecule has 0 aromatic carbocycles. The number of nitrogens with one attached hydrogen (secondary N) is 3. The summed E-state index contributed by atoms with van der Waals surface area (Å²) in [6.07, 6.45) is 5.16. The van der Waals surface area contributed by atoms with Gasteiger partial charge in [0.2, 0.25) is 5.91 Å². The molecule has 19 heavy (non-hydrogen) atoms. The van der Waals surface area contributed by atoms with E-state index in [-0.39, 0.29) is 5.91 Å². The van der Waals surface area contributed by atoms with E-state index in [1.165, 1.54) is 32.6 Å². The highest BCUT2D eigenvalue weighted by molar-refractivity contribution is 5.79. The van der Waals surface area contributed by atoms with Crippen molar-refractivity contribution in [2.45, 2.75) is 46.5 Å². The smallest absolute Gasteiger partial charge is 0.216 e. The van der Waals surface area contributed by atoms with E-state index >= 15 is 0 Å². The average molecular weight is 268 g/mol. The maximum Gasteiger partial charge on any atom is 0.216 e. The zero-order valence-electron chi connectivity index (χ0n) is 12.5. The fourth-order valence-corrected chi connectivity index (χ4v) is 2.31. The van der Waals surface area contributed by atoms with Gasteiger partial charge in [0.25, 0.3) is 0 Å². The van der Waals surface area contributed by atoms with Crippen LogP contribution in [0.4, 0.5) is 0 Å². The molecule has 1 aliphatic rings. The molecule has 0 aliphatic heterocycles. The van der Waals surface area contributed by atoms with E-state index in [9.17, 15) is 4.79 Å². The molecule has 5 nitrogen and oxygen atoms in total. The molecule has 0 atom stereocenters. The summed E-state index contributed by atoms with van der Waals surface area (Å²) in [5.41, 5.74) is 0.444. The Labute approximate surface area is 116 Å². The van der Waals surface area contributed by atoms with Gasteiger partial charge >= 0.3 is 0 Å². The summed E-state index contributed by atoms with van der Waals surface area (Å²) in [4.78, 5) is 15.4. The van der Waals surface area contributed by atoms with Crippen LogP contribution in [0.25, 0.3) is 0 Å². The number of carbonyl (C=O) groups is 1. The van der Waals surface area contributed by atoms with Gasteiger partial charge in [0.15, 0.2) is 5.96 Å². The molecule has 5 heteroatoms. The Morgan fingerprint density at radius 2 is 1.84 bits per heavy atom. The minimum absolute atomic E-state index is 0.00291. The first kappa shape index (κ1) is 15.8. The summed E-state index contributed by atoms with van der Waals surface area (Å²) in [7, 11) is 0. The van der Waals surface area contributed by atoms with Gasteiger partial charge in [-0.3, -0.25) is 9.79 Å². The predicted molar refractivity (Wildman–Crippen MR) is 79.2 cm³/mol. The first-order chi connectivity index (χ1) is 9.12. The SMILES string of the molecule is CCNC(=NCC1(CC)CCC1)NCCNC(C)=O. The normalized spacial score (nSPS) is 17.5. The minimum atomic E-state index is 0.00291. The van der Waals surface area contributed by atoms with E-state index in [0.29, 0.717) is 18.5 Å². The summed E-state index contributed by atoms with van der Waals surface area (Å²) in [6, 6.07) is 0. The van der Waals surface area contributed by atoms with Crippen LogP contribution in [-0.4, -0.2) is 38.0 Å². The van der Waals surface area contributed by atoms with Gasteiger partial charge in [-0.15, -0.1) is 0 Å². The number of amides is 1. The van der Waals surface area contributed by atoms with E-state index in [1.807, 2.05) is 0 Å². The lowest BCUT2D eigenvalue weighted by molar-refractivity contribution is -0.118. The van der Waals surface area contributed by atoms with Crippen LogP contribution >= 0.6 is 0 Å². The van der Waals surface area contributed by atoms with Crippen LogP contribution in [0.15, 0.2) is 4.99 Å². The second kappa shape index (κ2) is 8.02. The predicted octanol–water partition coefficient (Wildman–Crippen LogP) is 1.26. The van der Waals surface area contributed by atoms with Crippen LogP contribution < -0.4 is 16.0 Å². The van der Waals surface area contributed by atoms with Gasteiger partial charge in [0.1, 0.15) is 0 Å². The van der Waals surface area contributed by atoms with Gasteiger partial charge in [-0.05, 0) is 31.6 Å². The number of carbonyl (C=O) groups excluding carboxylic acids is 1. The zero-order valence-corrected chi connectivity index (χ0v) is 12.5. The van der Waals surface area contributed by atoms with Gasteiger partial charge in [-0.25, -0.2) is 0 Å². The molecule has 0 radical (unpaired) electrons. The Bertz CT molecular complexity index is 305. The van der Waals surface area contributed by atoms with E-state index in [0.717, 1.165) is 19.0 Å². The Morgan fingerprint density at radius 1 is 1.16 bits per heavy atom. The summed E-state index contributed by atoms with van der Waals surface area (Å²) < 4.78 is 0. The molecular formula is C14H28N4O. The van der Waals surface area contributed by atoms with Crippen LogP contribution in [0.1, 0.15) is 46.5 Å². The maximum atomic E-state index is 10.8. The van der Waals surface area contributed by atoms with Gasteiger partial charge in [0, 0.05) is 33.1 Å². The lowest BCUT2D eigenvalue weighted by atomic mass is 9.67. The maximum absolute atomic E-state index is 10.8. The monoisotopic (exact) mass is 268 g/mol. The van der Waals surface area contributed by atoms with Crippen molar-refractivity contribution in [3.05, 3.63) is 0 Å². The van der Waals surface area contributed by atoms with Crippen molar-refractivity contribution in [1.82, 2.24) is 16.0 Å². The number of rotatable bonds is 7. The Balaban J connectivity index is 2.35. The third-order valence-electron chi connectivity index (χ3n) is 3.87. The van der Waals surface area contributed by atoms with Crippen molar-refractivity contribution in [2.75, 3.05) is 26.2 Å². The van der Waals surface area contributed by atoms with Gasteiger partial charge in [-0.2, -0.15) is 0 Å². The number of nitrogens with zero attached hydrogens (tertiary/aromatic N) is 1. The number of aliphatic imine (C=N–C) groups is 1. The fraction of sp³-hybridized carbons (Fsp3) is 0.857. The van der Waals surface area contributed by atoms with Gasteiger partial charge in [0.05, 0.1) is 0 Å². The molecule has 1 amide bonds. The third kappa shape index (κ3) is 5.49. The minimum Gasteiger partial charge on any atom is -0.357 e. The molecule has 110 valence electrons. The summed E-state index contributed by atoms with van der Waals surface area (Å²) in [5.74, 6) is 0.857. The second-order valence-electron chi connectivity index (χ2n) is 5.31. The molecule has 0 unspecified atom stereocenters. The molecule has 0 saturated heterocycles. The largest absolute Gasteiger partial charge is 0.357 e. The number of hydrogen-bond acceptors (Lipinski definition) is 2. The molecular weight excluding hydrogens is 240 g/mol. The highest BCUT2D eigenvalue weighted by Crippen LogP contribution is 2.43. The number of guanidine groups is 1. The molecule has 1 aliphatic carbocycles. The van der Waals surface area contributed by atoms with Crippen molar-refractivity contribution in [3.8, 4) is 0 Å². The van der Waals surface area contributed by atoms with Crippen molar-refractivity contribution in [2.24, 2.45) is 10.4 Å². The van der Waals surface area contributed by atoms with Gasteiger partial charge in [-0.1, -0.05) is 13.3 Å². The van der Waals surface area contributed by atoms with Gasteiger partial charge < -0.3 is 16.0 Å². The Kier molecular flexibility index (Phi) is 6.67. The Morgan fingerprint density at radius 3 is 2.32 bits per heavy atom. The molecule has 0 spiro atoms. The summed E-state index contributed by atoms with van der Waals surface area (Å²) >= 11 is 0. The van der Waals surface area contributed by atoms with E-state index in [4.69, 9.17) is 0 Å². The first-order valence-corrected chi connectivity index (χ1v) is 7.38. The van der Waals surface area contributed by atoms with E-state index < -0.39 is 0 Å². The number of hydrogen-bond donors (Lipinski definition) is 3. The van der Waals surface area contributed by atoms with Crippen molar-refractivity contribution < 1.29 is 4.79 Å². The Hall–Kier alpha value is -1.26. The summed E-state index contributed by atoms with van der Waals surface area (Å²) in [5, 5.41) is 9.25. The van der Waals surface area contributed by atoms with Crippen LogP contribution in [0.5, 0.6) is 0 Å². The van der Waals surface area contributed by atoms with Crippen LogP contribution in [0.2, 0.25) is 0 Å². The summed E-state index contributed by atoms with van der Waals surface area (Å²) in [6.45, 7) is 8.92. The quantitative estimate of drug-likeness (QED) is 0.370. The molecule has 0 aromatic heterocycles. The third-order valence-corrected chi connectivity index (χ3v) is 3.87. The molecule has 0 bridgehead atoms. The average Bonchev–Trinajstić information content (AvgIpc) is 2.33.